The highest BCUT2D eigenvalue weighted by Crippen LogP contribution is 2.33. The summed E-state index contributed by atoms with van der Waals surface area (Å²) in [7, 11) is 0. The maximum Gasteiger partial charge on any atom is 0.410 e. The second-order valence-corrected chi connectivity index (χ2v) is 8.59. The van der Waals surface area contributed by atoms with Crippen molar-refractivity contribution in [3.63, 3.8) is 0 Å². The Morgan fingerprint density at radius 2 is 1.88 bits per heavy atom. The molecule has 0 unspecified atom stereocenters. The van der Waals surface area contributed by atoms with Crippen LogP contribution in [0.3, 0.4) is 0 Å². The molecule has 0 aliphatic carbocycles. The molecule has 0 aliphatic rings. The maximum absolute atomic E-state index is 10.8. The average molecular weight is 349 g/mol. The number of hydrogen-bond donors (Lipinski definition) is 2. The minimum atomic E-state index is -1.12. The van der Waals surface area contributed by atoms with E-state index in [1.165, 1.54) is 11.3 Å². The maximum atomic E-state index is 10.8. The smallest absolute Gasteiger partial charge is 0.410 e. The first-order valence-electron chi connectivity index (χ1n) is 7.62. The van der Waals surface area contributed by atoms with Crippen LogP contribution in [0.5, 0.6) is 0 Å². The Labute approximate surface area is 145 Å². The molecule has 24 heavy (non-hydrogen) atoms. The Kier molecular flexibility index (Phi) is 4.85. The van der Waals surface area contributed by atoms with Crippen molar-refractivity contribution in [2.75, 3.05) is 5.32 Å². The van der Waals surface area contributed by atoms with Crippen LogP contribution in [0.1, 0.15) is 63.8 Å². The summed E-state index contributed by atoms with van der Waals surface area (Å²) in [5.41, 5.74) is 0.524. The molecule has 0 spiro atoms. The zero-order valence-corrected chi connectivity index (χ0v) is 15.6. The quantitative estimate of drug-likeness (QED) is 0.815. The Morgan fingerprint density at radius 1 is 1.21 bits per heavy atom. The van der Waals surface area contributed by atoms with Crippen LogP contribution < -0.4 is 5.32 Å². The van der Waals surface area contributed by atoms with Crippen molar-refractivity contribution in [3.8, 4) is 0 Å². The van der Waals surface area contributed by atoms with Crippen molar-refractivity contribution >= 4 is 34.7 Å². The molecule has 7 heteroatoms. The van der Waals surface area contributed by atoms with E-state index in [0.717, 1.165) is 16.3 Å². The number of nitrogens with zero attached hydrogens (tertiary/aromatic N) is 2. The predicted octanol–water partition coefficient (Wildman–Crippen LogP) is 4.99. The number of oxazole rings is 1. The summed E-state index contributed by atoms with van der Waals surface area (Å²) in [6.45, 7) is 12.3. The van der Waals surface area contributed by atoms with Crippen molar-refractivity contribution in [2.45, 2.75) is 52.4 Å². The van der Waals surface area contributed by atoms with Gasteiger partial charge in [-0.15, -0.1) is 0 Å². The van der Waals surface area contributed by atoms with Gasteiger partial charge in [0.1, 0.15) is 5.76 Å². The summed E-state index contributed by atoms with van der Waals surface area (Å²) in [6.07, 6.45) is 4.25. The number of thiazole rings is 1. The lowest BCUT2D eigenvalue weighted by atomic mass is 9.91. The van der Waals surface area contributed by atoms with Crippen molar-refractivity contribution in [2.24, 2.45) is 0 Å². The van der Waals surface area contributed by atoms with E-state index in [9.17, 15) is 4.79 Å². The molecule has 0 atom stereocenters. The van der Waals surface area contributed by atoms with Gasteiger partial charge in [-0.2, -0.15) is 0 Å². The number of hydrogen-bond acceptors (Lipinski definition) is 5. The van der Waals surface area contributed by atoms with Crippen LogP contribution in [0.25, 0.3) is 12.2 Å². The van der Waals surface area contributed by atoms with Crippen molar-refractivity contribution in [3.05, 3.63) is 28.4 Å². The van der Waals surface area contributed by atoms with Crippen LogP contribution in [-0.2, 0) is 10.8 Å². The van der Waals surface area contributed by atoms with Gasteiger partial charge in [-0.1, -0.05) is 52.9 Å². The van der Waals surface area contributed by atoms with Crippen LogP contribution in [0, 0.1) is 0 Å². The Bertz CT molecular complexity index is 761. The number of nitrogens with one attached hydrogen (secondary N) is 1. The molecular weight excluding hydrogens is 326 g/mol. The van der Waals surface area contributed by atoms with E-state index in [2.05, 4.69) is 36.1 Å². The van der Waals surface area contributed by atoms with Gasteiger partial charge >= 0.3 is 6.09 Å². The number of carboxylic acid groups (broad SMARTS) is 1. The lowest BCUT2D eigenvalue weighted by molar-refractivity contribution is 0.209. The number of aromatic nitrogens is 2. The summed E-state index contributed by atoms with van der Waals surface area (Å²) in [4.78, 5) is 20.4. The Balaban J connectivity index is 2.32. The molecule has 0 radical (unpaired) electrons. The van der Waals surface area contributed by atoms with Gasteiger partial charge in [0.25, 0.3) is 0 Å². The fraction of sp³-hybridized carbons (Fsp3) is 0.471. The van der Waals surface area contributed by atoms with Gasteiger partial charge in [-0.25, -0.2) is 14.8 Å². The Hall–Kier alpha value is -2.15. The van der Waals surface area contributed by atoms with Crippen LogP contribution in [0.15, 0.2) is 10.6 Å². The number of amides is 1. The molecule has 0 bridgehead atoms. The van der Waals surface area contributed by atoms with E-state index in [0.29, 0.717) is 11.0 Å². The molecule has 130 valence electrons. The molecule has 2 aromatic heterocycles. The van der Waals surface area contributed by atoms with E-state index in [4.69, 9.17) is 9.52 Å². The van der Waals surface area contributed by atoms with Crippen LogP contribution in [-0.4, -0.2) is 21.2 Å². The van der Waals surface area contributed by atoms with Gasteiger partial charge in [0.05, 0.1) is 16.8 Å². The summed E-state index contributed by atoms with van der Waals surface area (Å²) in [5, 5.41) is 11.5. The topological polar surface area (TPSA) is 88.2 Å². The molecule has 0 aliphatic heterocycles. The first-order chi connectivity index (χ1) is 11.0. The van der Waals surface area contributed by atoms with E-state index in [-0.39, 0.29) is 10.8 Å². The highest BCUT2D eigenvalue weighted by atomic mass is 32.1. The lowest BCUT2D eigenvalue weighted by Gasteiger charge is -2.16. The predicted molar refractivity (Wildman–Crippen MR) is 96.6 cm³/mol. The third-order valence-corrected chi connectivity index (χ3v) is 4.15. The molecule has 6 nitrogen and oxygen atoms in total. The normalized spacial score (nSPS) is 12.8. The molecule has 0 fully saturated rings. The molecule has 2 N–H and O–H groups in total. The second kappa shape index (κ2) is 6.39. The second-order valence-electron chi connectivity index (χ2n) is 7.56. The molecule has 0 saturated carbocycles. The number of rotatable bonds is 3. The van der Waals surface area contributed by atoms with Crippen LogP contribution in [0.4, 0.5) is 9.93 Å². The van der Waals surface area contributed by atoms with Gasteiger partial charge in [-0.3, -0.25) is 5.32 Å². The van der Waals surface area contributed by atoms with Gasteiger partial charge in [0.2, 0.25) is 5.89 Å². The van der Waals surface area contributed by atoms with E-state index in [1.54, 1.807) is 12.3 Å². The molecule has 2 heterocycles. The SMILES string of the molecule is CC(C)(C)c1cnc(C=Cc2sc(NC(=O)O)nc2C(C)(C)C)o1. The minimum Gasteiger partial charge on any atom is -0.465 e. The zero-order chi connectivity index (χ0) is 18.1. The number of anilines is 1. The third-order valence-electron chi connectivity index (χ3n) is 3.22. The standard InChI is InChI=1S/C17H23N3O3S/c1-16(2,3)11-9-18-12(23-11)8-7-10-13(17(4,5)6)19-14(24-10)20-15(21)22/h7-9H,1-6H3,(H,19,20)(H,21,22). The number of carbonyl (C=O) groups is 1. The van der Waals surface area contributed by atoms with E-state index >= 15 is 0 Å². The monoisotopic (exact) mass is 349 g/mol. The molecule has 2 rings (SSSR count). The van der Waals surface area contributed by atoms with E-state index in [1.807, 2.05) is 26.8 Å². The summed E-state index contributed by atoms with van der Waals surface area (Å²) < 4.78 is 5.74. The van der Waals surface area contributed by atoms with Gasteiger partial charge in [0.15, 0.2) is 5.13 Å². The molecular formula is C17H23N3O3S. The molecule has 2 aromatic rings. The van der Waals surface area contributed by atoms with Gasteiger partial charge in [-0.05, 0) is 6.08 Å². The largest absolute Gasteiger partial charge is 0.465 e. The van der Waals surface area contributed by atoms with Crippen molar-refractivity contribution in [1.82, 2.24) is 9.97 Å². The van der Waals surface area contributed by atoms with Gasteiger partial charge in [0, 0.05) is 16.9 Å². The Morgan fingerprint density at radius 3 is 2.38 bits per heavy atom. The highest BCUT2D eigenvalue weighted by molar-refractivity contribution is 7.16. The summed E-state index contributed by atoms with van der Waals surface area (Å²) >= 11 is 1.29. The summed E-state index contributed by atoms with van der Waals surface area (Å²) in [5.74, 6) is 1.33. The van der Waals surface area contributed by atoms with E-state index < -0.39 is 6.09 Å². The average Bonchev–Trinajstić information content (AvgIpc) is 3.00. The first kappa shape index (κ1) is 18.2. The molecule has 0 saturated heterocycles. The first-order valence-corrected chi connectivity index (χ1v) is 8.44. The van der Waals surface area contributed by atoms with Crippen molar-refractivity contribution < 1.29 is 14.3 Å². The fourth-order valence-electron chi connectivity index (χ4n) is 1.99. The highest BCUT2D eigenvalue weighted by Gasteiger charge is 2.23. The third kappa shape index (κ3) is 4.44. The lowest BCUT2D eigenvalue weighted by Crippen LogP contribution is -2.14. The fourth-order valence-corrected chi connectivity index (χ4v) is 3.05. The van der Waals surface area contributed by atoms with Crippen molar-refractivity contribution in [1.29, 1.82) is 0 Å². The van der Waals surface area contributed by atoms with Crippen LogP contribution >= 0.6 is 11.3 Å². The molecule has 1 amide bonds. The molecule has 0 aromatic carbocycles. The van der Waals surface area contributed by atoms with Gasteiger partial charge < -0.3 is 9.52 Å². The van der Waals surface area contributed by atoms with Crippen LogP contribution in [0.2, 0.25) is 0 Å². The minimum absolute atomic E-state index is 0.0985. The summed E-state index contributed by atoms with van der Waals surface area (Å²) in [6, 6.07) is 0. The zero-order valence-electron chi connectivity index (χ0n) is 14.8.